The van der Waals surface area contributed by atoms with Crippen molar-refractivity contribution in [3.05, 3.63) is 27.7 Å². The van der Waals surface area contributed by atoms with Gasteiger partial charge in [0, 0.05) is 17.6 Å². The van der Waals surface area contributed by atoms with Crippen molar-refractivity contribution in [3.63, 3.8) is 0 Å². The molecule has 0 fully saturated rings. The van der Waals surface area contributed by atoms with Crippen LogP contribution >= 0.6 is 27.5 Å². The van der Waals surface area contributed by atoms with Gasteiger partial charge in [0.2, 0.25) is 0 Å². The second-order valence-corrected chi connectivity index (χ2v) is 5.24. The number of hydrogen-bond acceptors (Lipinski definition) is 3. The second kappa shape index (κ2) is 6.45. The Bertz CT molecular complexity index is 347. The maximum atomic E-state index is 9.68. The monoisotopic (exact) mass is 306 g/mol. The van der Waals surface area contributed by atoms with E-state index in [0.717, 1.165) is 10.2 Å². The summed E-state index contributed by atoms with van der Waals surface area (Å²) < 4.78 is 0.960. The van der Waals surface area contributed by atoms with Crippen molar-refractivity contribution in [3.8, 4) is 0 Å². The summed E-state index contributed by atoms with van der Waals surface area (Å²) >= 11 is 9.38. The van der Waals surface area contributed by atoms with Gasteiger partial charge < -0.3 is 15.3 Å². The van der Waals surface area contributed by atoms with Crippen molar-refractivity contribution in [1.29, 1.82) is 0 Å². The second-order valence-electron chi connectivity index (χ2n) is 3.92. The number of aliphatic hydroxyl groups excluding tert-OH is 1. The van der Waals surface area contributed by atoms with E-state index in [4.69, 9.17) is 11.6 Å². The Morgan fingerprint density at radius 2 is 2.19 bits per heavy atom. The van der Waals surface area contributed by atoms with Crippen molar-refractivity contribution in [2.24, 2.45) is 0 Å². The highest BCUT2D eigenvalue weighted by Crippen LogP contribution is 2.25. The highest BCUT2D eigenvalue weighted by atomic mass is 79.9. The highest BCUT2D eigenvalue weighted by Gasteiger charge is 2.06. The van der Waals surface area contributed by atoms with Gasteiger partial charge in [0.1, 0.15) is 0 Å². The summed E-state index contributed by atoms with van der Waals surface area (Å²) in [5.74, 6) is 0. The Morgan fingerprint density at radius 3 is 2.81 bits per heavy atom. The first-order valence-corrected chi connectivity index (χ1v) is 6.18. The Labute approximate surface area is 110 Å². The van der Waals surface area contributed by atoms with Crippen LogP contribution in [0.15, 0.2) is 22.7 Å². The smallest absolute Gasteiger partial charge is 0.0838 e. The Kier molecular flexibility index (Phi) is 5.55. The zero-order valence-electron chi connectivity index (χ0n) is 9.37. The molecule has 0 spiro atoms. The minimum absolute atomic E-state index is 0.412. The number of nitrogens with one attached hydrogen (secondary N) is 1. The minimum Gasteiger partial charge on any atom is -0.390 e. The van der Waals surface area contributed by atoms with E-state index in [2.05, 4.69) is 21.2 Å². The van der Waals surface area contributed by atoms with Crippen LogP contribution < -0.4 is 5.32 Å². The van der Waals surface area contributed by atoms with Crippen LogP contribution in [0.2, 0.25) is 5.02 Å². The summed E-state index contributed by atoms with van der Waals surface area (Å²) in [7, 11) is 3.85. The van der Waals surface area contributed by atoms with Crippen LogP contribution in [0.1, 0.15) is 0 Å². The van der Waals surface area contributed by atoms with Gasteiger partial charge >= 0.3 is 0 Å². The number of halogens is 2. The zero-order valence-corrected chi connectivity index (χ0v) is 11.7. The molecule has 90 valence electrons. The van der Waals surface area contributed by atoms with Crippen LogP contribution in [-0.4, -0.2) is 43.3 Å². The minimum atomic E-state index is -0.412. The largest absolute Gasteiger partial charge is 0.390 e. The third-order valence-electron chi connectivity index (χ3n) is 2.03. The lowest BCUT2D eigenvalue weighted by molar-refractivity contribution is 0.148. The first kappa shape index (κ1) is 13.8. The van der Waals surface area contributed by atoms with E-state index in [0.29, 0.717) is 18.1 Å². The molecule has 0 aliphatic heterocycles. The Morgan fingerprint density at radius 1 is 1.50 bits per heavy atom. The highest BCUT2D eigenvalue weighted by molar-refractivity contribution is 9.10. The predicted octanol–water partition coefficient (Wildman–Crippen LogP) is 2.44. The lowest BCUT2D eigenvalue weighted by Crippen LogP contribution is -2.31. The molecule has 1 aromatic carbocycles. The Balaban J connectivity index is 2.51. The summed E-state index contributed by atoms with van der Waals surface area (Å²) in [5, 5.41) is 13.5. The summed E-state index contributed by atoms with van der Waals surface area (Å²) in [6, 6.07) is 5.58. The first-order chi connectivity index (χ1) is 7.49. The standard InChI is InChI=1S/C11H16BrClN2O/c1-15(2)7-9(16)6-14-11-5-8(12)3-4-10(11)13/h3-5,9,14,16H,6-7H2,1-2H3. The van der Waals surface area contributed by atoms with E-state index in [-0.39, 0.29) is 0 Å². The molecule has 0 radical (unpaired) electrons. The van der Waals surface area contributed by atoms with E-state index >= 15 is 0 Å². The van der Waals surface area contributed by atoms with Gasteiger partial charge in [0.15, 0.2) is 0 Å². The number of aliphatic hydroxyl groups is 1. The van der Waals surface area contributed by atoms with Gasteiger partial charge in [-0.1, -0.05) is 27.5 Å². The molecule has 1 unspecified atom stereocenters. The fourth-order valence-corrected chi connectivity index (χ4v) is 1.89. The van der Waals surface area contributed by atoms with E-state index < -0.39 is 6.10 Å². The first-order valence-electron chi connectivity index (χ1n) is 5.00. The summed E-state index contributed by atoms with van der Waals surface area (Å²) in [4.78, 5) is 1.94. The fourth-order valence-electron chi connectivity index (χ4n) is 1.35. The van der Waals surface area contributed by atoms with Gasteiger partial charge in [-0.25, -0.2) is 0 Å². The SMILES string of the molecule is CN(C)CC(O)CNc1cc(Br)ccc1Cl. The van der Waals surface area contributed by atoms with E-state index in [9.17, 15) is 5.11 Å². The predicted molar refractivity (Wildman–Crippen MR) is 72.2 cm³/mol. The van der Waals surface area contributed by atoms with Crippen molar-refractivity contribution in [2.75, 3.05) is 32.5 Å². The number of hydrogen-bond donors (Lipinski definition) is 2. The van der Waals surface area contributed by atoms with Gasteiger partial charge in [0.25, 0.3) is 0 Å². The van der Waals surface area contributed by atoms with Crippen LogP contribution in [0, 0.1) is 0 Å². The topological polar surface area (TPSA) is 35.5 Å². The molecule has 0 saturated carbocycles. The average Bonchev–Trinajstić information content (AvgIpc) is 2.18. The molecule has 5 heteroatoms. The quantitative estimate of drug-likeness (QED) is 0.877. The molecule has 3 nitrogen and oxygen atoms in total. The molecule has 0 aromatic heterocycles. The summed E-state index contributed by atoms with van der Waals surface area (Å²) in [5.41, 5.74) is 0.828. The van der Waals surface area contributed by atoms with Gasteiger partial charge in [-0.05, 0) is 32.3 Å². The normalized spacial score (nSPS) is 12.9. The summed E-state index contributed by atoms with van der Waals surface area (Å²) in [6.07, 6.45) is -0.412. The van der Waals surface area contributed by atoms with Crippen molar-refractivity contribution >= 4 is 33.2 Å². The molecular weight excluding hydrogens is 291 g/mol. The molecule has 0 amide bonds. The molecule has 0 bridgehead atoms. The molecule has 0 saturated heterocycles. The number of nitrogens with zero attached hydrogens (tertiary/aromatic N) is 1. The Hall–Kier alpha value is -0.290. The van der Waals surface area contributed by atoms with E-state index in [1.54, 1.807) is 0 Å². The van der Waals surface area contributed by atoms with Crippen molar-refractivity contribution in [1.82, 2.24) is 4.90 Å². The fraction of sp³-hybridized carbons (Fsp3) is 0.455. The third kappa shape index (κ3) is 4.70. The van der Waals surface area contributed by atoms with Gasteiger partial charge in [0.05, 0.1) is 16.8 Å². The third-order valence-corrected chi connectivity index (χ3v) is 2.86. The molecule has 1 rings (SSSR count). The van der Waals surface area contributed by atoms with Crippen LogP contribution in [0.3, 0.4) is 0 Å². The number of anilines is 1. The van der Waals surface area contributed by atoms with Crippen LogP contribution in [0.5, 0.6) is 0 Å². The van der Waals surface area contributed by atoms with Crippen molar-refractivity contribution < 1.29 is 5.11 Å². The average molecular weight is 308 g/mol. The van der Waals surface area contributed by atoms with E-state index in [1.807, 2.05) is 37.2 Å². The summed E-state index contributed by atoms with van der Waals surface area (Å²) in [6.45, 7) is 1.10. The number of rotatable bonds is 5. The van der Waals surface area contributed by atoms with Gasteiger partial charge in [-0.2, -0.15) is 0 Å². The lowest BCUT2D eigenvalue weighted by Gasteiger charge is -2.17. The molecule has 16 heavy (non-hydrogen) atoms. The van der Waals surface area contributed by atoms with Crippen LogP contribution in [0.4, 0.5) is 5.69 Å². The van der Waals surface area contributed by atoms with Gasteiger partial charge in [-0.15, -0.1) is 0 Å². The maximum absolute atomic E-state index is 9.68. The lowest BCUT2D eigenvalue weighted by atomic mass is 10.3. The van der Waals surface area contributed by atoms with E-state index in [1.165, 1.54) is 0 Å². The van der Waals surface area contributed by atoms with Crippen LogP contribution in [-0.2, 0) is 0 Å². The zero-order chi connectivity index (χ0) is 12.1. The molecule has 2 N–H and O–H groups in total. The molecule has 1 aromatic rings. The molecule has 0 aliphatic rings. The van der Waals surface area contributed by atoms with Gasteiger partial charge in [-0.3, -0.25) is 0 Å². The molecule has 0 aliphatic carbocycles. The van der Waals surface area contributed by atoms with Crippen molar-refractivity contribution in [2.45, 2.75) is 6.10 Å². The molecule has 0 heterocycles. The number of benzene rings is 1. The maximum Gasteiger partial charge on any atom is 0.0838 e. The molecular formula is C11H16BrClN2O. The number of likely N-dealkylation sites (N-methyl/N-ethyl adjacent to an activating group) is 1. The van der Waals surface area contributed by atoms with Crippen LogP contribution in [0.25, 0.3) is 0 Å². The molecule has 1 atom stereocenters.